The van der Waals surface area contributed by atoms with Crippen LogP contribution in [-0.4, -0.2) is 17.0 Å². The molecule has 86 valence electrons. The number of nitrogens with one attached hydrogen (secondary N) is 1. The smallest absolute Gasteiger partial charge is 0.116 e. The zero-order chi connectivity index (χ0) is 11.5. The summed E-state index contributed by atoms with van der Waals surface area (Å²) in [6.45, 7) is 4.27. The van der Waals surface area contributed by atoms with Gasteiger partial charge in [-0.25, -0.2) is 9.97 Å². The summed E-state index contributed by atoms with van der Waals surface area (Å²) in [5, 5.41) is 6.46. The average molecular weight is 253 g/mol. The lowest BCUT2D eigenvalue weighted by molar-refractivity contribution is 0.668. The van der Waals surface area contributed by atoms with Gasteiger partial charge < -0.3 is 5.32 Å². The SMILES string of the molecule is CCc1nc(C(NC)c2cscn2)sc1C. The van der Waals surface area contributed by atoms with Gasteiger partial charge in [-0.15, -0.1) is 22.7 Å². The molecule has 2 aromatic rings. The molecule has 0 radical (unpaired) electrons. The predicted octanol–water partition coefficient (Wildman–Crippen LogP) is 2.78. The van der Waals surface area contributed by atoms with Crippen molar-refractivity contribution in [2.24, 2.45) is 0 Å². The molecule has 0 fully saturated rings. The molecule has 2 heterocycles. The van der Waals surface area contributed by atoms with Crippen molar-refractivity contribution in [1.29, 1.82) is 0 Å². The van der Waals surface area contributed by atoms with Gasteiger partial charge in [0.1, 0.15) is 11.0 Å². The van der Waals surface area contributed by atoms with Crippen LogP contribution >= 0.6 is 22.7 Å². The maximum absolute atomic E-state index is 4.68. The highest BCUT2D eigenvalue weighted by molar-refractivity contribution is 7.11. The van der Waals surface area contributed by atoms with E-state index in [9.17, 15) is 0 Å². The number of nitrogens with zero attached hydrogens (tertiary/aromatic N) is 2. The Morgan fingerprint density at radius 2 is 2.31 bits per heavy atom. The molecule has 0 aliphatic carbocycles. The van der Waals surface area contributed by atoms with Crippen molar-refractivity contribution in [2.45, 2.75) is 26.3 Å². The van der Waals surface area contributed by atoms with E-state index in [1.54, 1.807) is 22.7 Å². The molecule has 0 aliphatic heterocycles. The van der Waals surface area contributed by atoms with Crippen molar-refractivity contribution in [3.8, 4) is 0 Å². The molecule has 0 bridgehead atoms. The molecule has 0 aliphatic rings. The third-order valence-corrected chi connectivity index (χ3v) is 4.21. The fourth-order valence-electron chi connectivity index (χ4n) is 1.66. The van der Waals surface area contributed by atoms with Gasteiger partial charge in [0.15, 0.2) is 0 Å². The number of hydrogen-bond acceptors (Lipinski definition) is 5. The molecule has 1 atom stereocenters. The standard InChI is InChI=1S/C11H15N3S2/c1-4-8-7(2)16-11(14-8)10(12-3)9-5-15-6-13-9/h5-6,10,12H,4H2,1-3H3. The Bertz CT molecular complexity index is 448. The summed E-state index contributed by atoms with van der Waals surface area (Å²) >= 11 is 3.38. The van der Waals surface area contributed by atoms with E-state index in [2.05, 4.69) is 34.5 Å². The highest BCUT2D eigenvalue weighted by Crippen LogP contribution is 2.27. The van der Waals surface area contributed by atoms with Crippen molar-refractivity contribution >= 4 is 22.7 Å². The second kappa shape index (κ2) is 5.03. The topological polar surface area (TPSA) is 37.8 Å². The first-order valence-electron chi connectivity index (χ1n) is 5.27. The van der Waals surface area contributed by atoms with Crippen LogP contribution in [0.4, 0.5) is 0 Å². The summed E-state index contributed by atoms with van der Waals surface area (Å²) in [6, 6.07) is 0.134. The molecule has 0 saturated heterocycles. The van der Waals surface area contributed by atoms with Crippen LogP contribution in [0.25, 0.3) is 0 Å². The number of hydrogen-bond donors (Lipinski definition) is 1. The molecule has 0 saturated carbocycles. The molecule has 1 N–H and O–H groups in total. The molecular weight excluding hydrogens is 238 g/mol. The monoisotopic (exact) mass is 253 g/mol. The molecule has 0 spiro atoms. The van der Waals surface area contributed by atoms with Crippen LogP contribution in [0, 0.1) is 6.92 Å². The molecule has 2 aromatic heterocycles. The predicted molar refractivity (Wildman–Crippen MR) is 69.2 cm³/mol. The minimum Gasteiger partial charge on any atom is -0.306 e. The van der Waals surface area contributed by atoms with Crippen LogP contribution in [0.2, 0.25) is 0 Å². The van der Waals surface area contributed by atoms with E-state index in [1.165, 1.54) is 10.6 Å². The van der Waals surface area contributed by atoms with E-state index in [0.717, 1.165) is 17.1 Å². The van der Waals surface area contributed by atoms with E-state index >= 15 is 0 Å². The number of aromatic nitrogens is 2. The number of thiazole rings is 2. The molecule has 1 unspecified atom stereocenters. The first-order valence-corrected chi connectivity index (χ1v) is 7.03. The summed E-state index contributed by atoms with van der Waals surface area (Å²) in [4.78, 5) is 10.3. The molecule has 0 amide bonds. The average Bonchev–Trinajstić information content (AvgIpc) is 2.89. The molecule has 0 aromatic carbocycles. The van der Waals surface area contributed by atoms with Gasteiger partial charge in [-0.05, 0) is 20.4 Å². The molecule has 2 rings (SSSR count). The maximum Gasteiger partial charge on any atom is 0.116 e. The molecular formula is C11H15N3S2. The Morgan fingerprint density at radius 3 is 2.81 bits per heavy atom. The summed E-state index contributed by atoms with van der Waals surface area (Å²) in [7, 11) is 1.95. The van der Waals surface area contributed by atoms with E-state index in [4.69, 9.17) is 0 Å². The fourth-order valence-corrected chi connectivity index (χ4v) is 3.38. The van der Waals surface area contributed by atoms with E-state index in [0.29, 0.717) is 0 Å². The van der Waals surface area contributed by atoms with Gasteiger partial charge in [-0.2, -0.15) is 0 Å². The maximum atomic E-state index is 4.68. The van der Waals surface area contributed by atoms with Crippen LogP contribution < -0.4 is 5.32 Å². The van der Waals surface area contributed by atoms with Gasteiger partial charge in [0, 0.05) is 10.3 Å². The fraction of sp³-hybridized carbons (Fsp3) is 0.455. The Hall–Kier alpha value is -0.780. The van der Waals surface area contributed by atoms with Gasteiger partial charge >= 0.3 is 0 Å². The zero-order valence-corrected chi connectivity index (χ0v) is 11.3. The van der Waals surface area contributed by atoms with Gasteiger partial charge in [-0.1, -0.05) is 6.92 Å². The van der Waals surface area contributed by atoms with Crippen molar-refractivity contribution < 1.29 is 0 Å². The van der Waals surface area contributed by atoms with Crippen LogP contribution in [0.3, 0.4) is 0 Å². The number of rotatable bonds is 4. The third-order valence-electron chi connectivity index (χ3n) is 2.53. The van der Waals surface area contributed by atoms with Crippen LogP contribution in [0.5, 0.6) is 0 Å². The van der Waals surface area contributed by atoms with Crippen molar-refractivity contribution in [2.75, 3.05) is 7.05 Å². The zero-order valence-electron chi connectivity index (χ0n) is 9.65. The summed E-state index contributed by atoms with van der Waals surface area (Å²) in [6.07, 6.45) is 0.996. The summed E-state index contributed by atoms with van der Waals surface area (Å²) < 4.78 is 0. The second-order valence-corrected chi connectivity index (χ2v) is 5.50. The lowest BCUT2D eigenvalue weighted by atomic mass is 10.2. The highest BCUT2D eigenvalue weighted by Gasteiger charge is 2.18. The van der Waals surface area contributed by atoms with Gasteiger partial charge in [0.25, 0.3) is 0 Å². The lowest BCUT2D eigenvalue weighted by Crippen LogP contribution is -2.17. The highest BCUT2D eigenvalue weighted by atomic mass is 32.1. The first kappa shape index (κ1) is 11.7. The quantitative estimate of drug-likeness (QED) is 0.910. The minimum absolute atomic E-state index is 0.134. The van der Waals surface area contributed by atoms with E-state index < -0.39 is 0 Å². The molecule has 3 nitrogen and oxygen atoms in total. The van der Waals surface area contributed by atoms with Crippen molar-refractivity contribution in [3.05, 3.63) is 32.2 Å². The Morgan fingerprint density at radius 1 is 1.50 bits per heavy atom. The largest absolute Gasteiger partial charge is 0.306 e. The molecule has 5 heteroatoms. The number of aryl methyl sites for hydroxylation is 2. The Labute approximate surface area is 104 Å². The van der Waals surface area contributed by atoms with E-state index in [1.807, 2.05) is 12.6 Å². The normalized spacial score (nSPS) is 12.9. The second-order valence-electron chi connectivity index (χ2n) is 3.54. The van der Waals surface area contributed by atoms with Crippen LogP contribution in [-0.2, 0) is 6.42 Å². The first-order chi connectivity index (χ1) is 7.76. The van der Waals surface area contributed by atoms with Gasteiger partial charge in [0.05, 0.1) is 16.9 Å². The van der Waals surface area contributed by atoms with Gasteiger partial charge in [-0.3, -0.25) is 0 Å². The summed E-state index contributed by atoms with van der Waals surface area (Å²) in [5.41, 5.74) is 4.13. The van der Waals surface area contributed by atoms with Crippen molar-refractivity contribution in [3.63, 3.8) is 0 Å². The third kappa shape index (κ3) is 2.16. The van der Waals surface area contributed by atoms with Crippen molar-refractivity contribution in [1.82, 2.24) is 15.3 Å². The minimum atomic E-state index is 0.134. The Kier molecular flexibility index (Phi) is 3.68. The Balaban J connectivity index is 2.34. The lowest BCUT2D eigenvalue weighted by Gasteiger charge is -2.09. The summed E-state index contributed by atoms with van der Waals surface area (Å²) in [5.74, 6) is 0. The van der Waals surface area contributed by atoms with Crippen LogP contribution in [0.1, 0.15) is 34.2 Å². The van der Waals surface area contributed by atoms with Gasteiger partial charge in [0.2, 0.25) is 0 Å². The van der Waals surface area contributed by atoms with E-state index in [-0.39, 0.29) is 6.04 Å². The van der Waals surface area contributed by atoms with Crippen LogP contribution in [0.15, 0.2) is 10.9 Å². The molecule has 16 heavy (non-hydrogen) atoms.